The highest BCUT2D eigenvalue weighted by Crippen LogP contribution is 2.37. The van der Waals surface area contributed by atoms with Gasteiger partial charge in [0.1, 0.15) is 17.3 Å². The molecule has 3 amide bonds. The Balaban J connectivity index is 1.06. The number of nitrogens with one attached hydrogen (secondary N) is 1. The van der Waals surface area contributed by atoms with Crippen LogP contribution in [0, 0.1) is 5.92 Å². The van der Waals surface area contributed by atoms with Crippen molar-refractivity contribution < 1.29 is 33.7 Å². The van der Waals surface area contributed by atoms with E-state index in [2.05, 4.69) is 17.1 Å². The predicted octanol–water partition coefficient (Wildman–Crippen LogP) is 3.97. The Morgan fingerprint density at radius 3 is 2.40 bits per heavy atom. The second-order valence-electron chi connectivity index (χ2n) is 13.7. The zero-order chi connectivity index (χ0) is 33.7. The maximum atomic E-state index is 13.9. The van der Waals surface area contributed by atoms with Gasteiger partial charge in [-0.25, -0.2) is 0 Å². The van der Waals surface area contributed by atoms with Gasteiger partial charge in [-0.2, -0.15) is 0 Å². The summed E-state index contributed by atoms with van der Waals surface area (Å²) in [6.45, 7) is 7.37. The number of piperazine rings is 1. The first-order valence-electron chi connectivity index (χ1n) is 17.7. The van der Waals surface area contributed by atoms with Crippen molar-refractivity contribution >= 4 is 17.7 Å². The third kappa shape index (κ3) is 7.18. The number of benzene rings is 2. The lowest BCUT2D eigenvalue weighted by Crippen LogP contribution is -2.75. The molecule has 4 heterocycles. The molecule has 4 aliphatic rings. The van der Waals surface area contributed by atoms with E-state index in [1.54, 1.807) is 30.2 Å². The minimum atomic E-state index is -0.914. The van der Waals surface area contributed by atoms with Crippen LogP contribution in [0.4, 0.5) is 0 Å². The van der Waals surface area contributed by atoms with Gasteiger partial charge in [-0.3, -0.25) is 19.3 Å². The smallest absolute Gasteiger partial charge is 0.253 e. The lowest BCUT2D eigenvalue weighted by atomic mass is 9.79. The predicted molar refractivity (Wildman–Crippen MR) is 180 cm³/mol. The third-order valence-corrected chi connectivity index (χ3v) is 10.6. The van der Waals surface area contributed by atoms with Gasteiger partial charge in [0, 0.05) is 58.0 Å². The first-order chi connectivity index (χ1) is 23.3. The van der Waals surface area contributed by atoms with Crippen molar-refractivity contribution in [2.75, 3.05) is 53.0 Å². The van der Waals surface area contributed by atoms with E-state index in [0.29, 0.717) is 87.9 Å². The molecule has 2 aromatic carbocycles. The minimum absolute atomic E-state index is 0.0169. The monoisotopic (exact) mass is 662 g/mol. The first-order valence-corrected chi connectivity index (χ1v) is 17.7. The van der Waals surface area contributed by atoms with Gasteiger partial charge in [0.15, 0.2) is 11.5 Å². The molecule has 48 heavy (non-hydrogen) atoms. The van der Waals surface area contributed by atoms with Gasteiger partial charge in [0.25, 0.3) is 5.91 Å². The van der Waals surface area contributed by atoms with Crippen LogP contribution in [0.3, 0.4) is 0 Å². The van der Waals surface area contributed by atoms with Crippen LogP contribution in [0.2, 0.25) is 0 Å². The molecule has 11 nitrogen and oxygen atoms in total. The number of likely N-dealkylation sites (tertiary alicyclic amines) is 2. The summed E-state index contributed by atoms with van der Waals surface area (Å²) in [5.74, 6) is 1.37. The molecule has 0 radical (unpaired) electrons. The van der Waals surface area contributed by atoms with Crippen molar-refractivity contribution in [3.63, 3.8) is 0 Å². The standard InChI is InChI=1S/C37H50N4O7/c1-3-4-19-41-35(44)32(33(42)27-13-22-47-23-14-27)38-36(45)37(41)15-20-39(21-16-37)25-26-7-10-29(11-8-26)48-30-12-9-28(24-31(30)46-2)34(43)40-17-5-6-18-40/h7-12,24,27,32-33,42H,3-6,13-23,25H2,1-2H3,(H,38,45)/t32-,33-/m1/s1. The van der Waals surface area contributed by atoms with E-state index in [1.165, 1.54) is 0 Å². The van der Waals surface area contributed by atoms with Gasteiger partial charge in [0.2, 0.25) is 11.8 Å². The molecule has 260 valence electrons. The van der Waals surface area contributed by atoms with Crippen LogP contribution in [-0.2, 0) is 20.9 Å². The molecule has 4 aliphatic heterocycles. The van der Waals surface area contributed by atoms with E-state index < -0.39 is 17.7 Å². The van der Waals surface area contributed by atoms with E-state index in [9.17, 15) is 19.5 Å². The third-order valence-electron chi connectivity index (χ3n) is 10.6. The first kappa shape index (κ1) is 34.2. The highest BCUT2D eigenvalue weighted by Gasteiger charge is 2.55. The highest BCUT2D eigenvalue weighted by atomic mass is 16.5. The number of carbonyl (C=O) groups is 3. The molecule has 0 aliphatic carbocycles. The number of amides is 3. The lowest BCUT2D eigenvalue weighted by molar-refractivity contribution is -0.166. The molecule has 2 aromatic rings. The van der Waals surface area contributed by atoms with E-state index >= 15 is 0 Å². The quantitative estimate of drug-likeness (QED) is 0.371. The minimum Gasteiger partial charge on any atom is -0.493 e. The second kappa shape index (κ2) is 15.3. The fourth-order valence-corrected chi connectivity index (χ4v) is 7.65. The number of rotatable bonds is 11. The normalized spacial score (nSPS) is 22.5. The van der Waals surface area contributed by atoms with E-state index in [-0.39, 0.29) is 23.6 Å². The average Bonchev–Trinajstić information content (AvgIpc) is 3.67. The number of ether oxygens (including phenoxy) is 3. The Morgan fingerprint density at radius 2 is 1.73 bits per heavy atom. The Bertz CT molecular complexity index is 1430. The molecular formula is C37H50N4O7. The van der Waals surface area contributed by atoms with Crippen molar-refractivity contribution in [1.82, 2.24) is 20.0 Å². The fraction of sp³-hybridized carbons (Fsp3) is 0.595. The number of unbranched alkanes of at least 4 members (excludes halogenated alkanes) is 1. The van der Waals surface area contributed by atoms with Crippen LogP contribution in [0.15, 0.2) is 42.5 Å². The largest absolute Gasteiger partial charge is 0.493 e. The summed E-state index contributed by atoms with van der Waals surface area (Å²) < 4.78 is 17.1. The van der Waals surface area contributed by atoms with Gasteiger partial charge in [0.05, 0.1) is 13.2 Å². The molecule has 2 atom stereocenters. The molecule has 0 saturated carbocycles. The average molecular weight is 663 g/mol. The number of piperidine rings is 1. The summed E-state index contributed by atoms with van der Waals surface area (Å²) in [6.07, 6.45) is 5.36. The van der Waals surface area contributed by atoms with E-state index in [1.807, 2.05) is 29.2 Å². The number of aliphatic hydroxyl groups excluding tert-OH is 1. The van der Waals surface area contributed by atoms with Crippen LogP contribution in [0.1, 0.15) is 74.2 Å². The number of hydrogen-bond acceptors (Lipinski definition) is 8. The molecule has 6 rings (SSSR count). The van der Waals surface area contributed by atoms with Crippen molar-refractivity contribution in [2.45, 2.75) is 82.5 Å². The van der Waals surface area contributed by atoms with Gasteiger partial charge < -0.3 is 34.4 Å². The summed E-state index contributed by atoms with van der Waals surface area (Å²) >= 11 is 0. The number of carbonyl (C=O) groups excluding carboxylic acids is 3. The van der Waals surface area contributed by atoms with Crippen molar-refractivity contribution in [2.24, 2.45) is 5.92 Å². The van der Waals surface area contributed by atoms with Crippen molar-refractivity contribution in [3.05, 3.63) is 53.6 Å². The molecule has 0 unspecified atom stereocenters. The van der Waals surface area contributed by atoms with Gasteiger partial charge in [-0.15, -0.1) is 0 Å². The Labute approximate surface area is 283 Å². The van der Waals surface area contributed by atoms with E-state index in [4.69, 9.17) is 14.2 Å². The number of nitrogens with zero attached hydrogens (tertiary/aromatic N) is 3. The Kier molecular flexibility index (Phi) is 10.9. The Morgan fingerprint density at radius 1 is 1.02 bits per heavy atom. The fourth-order valence-electron chi connectivity index (χ4n) is 7.65. The van der Waals surface area contributed by atoms with Gasteiger partial charge >= 0.3 is 0 Å². The summed E-state index contributed by atoms with van der Waals surface area (Å²) in [7, 11) is 1.57. The lowest BCUT2D eigenvalue weighted by Gasteiger charge is -2.52. The zero-order valence-electron chi connectivity index (χ0n) is 28.3. The Hall–Kier alpha value is -3.67. The number of methoxy groups -OCH3 is 1. The molecule has 1 spiro atoms. The maximum absolute atomic E-state index is 13.9. The summed E-state index contributed by atoms with van der Waals surface area (Å²) in [6, 6.07) is 12.3. The summed E-state index contributed by atoms with van der Waals surface area (Å²) in [5, 5.41) is 14.1. The molecule has 11 heteroatoms. The summed E-state index contributed by atoms with van der Waals surface area (Å²) in [5.41, 5.74) is 0.819. The van der Waals surface area contributed by atoms with Crippen LogP contribution in [-0.4, -0.2) is 108 Å². The molecule has 0 aromatic heterocycles. The van der Waals surface area contributed by atoms with Crippen LogP contribution in [0.5, 0.6) is 17.2 Å². The van der Waals surface area contributed by atoms with E-state index in [0.717, 1.165) is 44.3 Å². The maximum Gasteiger partial charge on any atom is 0.253 e. The van der Waals surface area contributed by atoms with Gasteiger partial charge in [-0.05, 0) is 86.8 Å². The number of aliphatic hydroxyl groups is 1. The second-order valence-corrected chi connectivity index (χ2v) is 13.7. The molecule has 2 N–H and O–H groups in total. The summed E-state index contributed by atoms with van der Waals surface area (Å²) in [4.78, 5) is 46.5. The van der Waals surface area contributed by atoms with Crippen LogP contribution >= 0.6 is 0 Å². The van der Waals surface area contributed by atoms with Crippen molar-refractivity contribution in [1.29, 1.82) is 0 Å². The van der Waals surface area contributed by atoms with Crippen molar-refractivity contribution in [3.8, 4) is 17.2 Å². The molecule has 4 saturated heterocycles. The highest BCUT2D eigenvalue weighted by molar-refractivity contribution is 6.00. The van der Waals surface area contributed by atoms with Crippen LogP contribution < -0.4 is 14.8 Å². The molecule has 0 bridgehead atoms. The number of hydrogen-bond donors (Lipinski definition) is 2. The molecule has 4 fully saturated rings. The van der Waals surface area contributed by atoms with Crippen LogP contribution in [0.25, 0.3) is 0 Å². The SMILES string of the molecule is CCCCN1C(=O)[C@@H]([C@H](O)C2CCOCC2)NC(=O)C12CCN(Cc1ccc(Oc3ccc(C(=O)N4CCCC4)cc3OC)cc1)CC2. The zero-order valence-corrected chi connectivity index (χ0v) is 28.3. The topological polar surface area (TPSA) is 121 Å². The molecular weight excluding hydrogens is 612 g/mol. The van der Waals surface area contributed by atoms with Gasteiger partial charge in [-0.1, -0.05) is 25.5 Å².